The van der Waals surface area contributed by atoms with E-state index in [1.54, 1.807) is 24.0 Å². The van der Waals surface area contributed by atoms with Gasteiger partial charge >= 0.3 is 5.69 Å². The predicted molar refractivity (Wildman–Crippen MR) is 118 cm³/mol. The molecule has 8 nitrogen and oxygen atoms in total. The van der Waals surface area contributed by atoms with Crippen molar-refractivity contribution in [1.29, 1.82) is 0 Å². The highest BCUT2D eigenvalue weighted by molar-refractivity contribution is 6.00. The molecule has 0 bridgehead atoms. The molecule has 5 rings (SSSR count). The number of aromatic nitrogens is 5. The molecule has 1 aliphatic carbocycles. The van der Waals surface area contributed by atoms with E-state index in [9.17, 15) is 9.59 Å². The second-order valence-corrected chi connectivity index (χ2v) is 8.36. The van der Waals surface area contributed by atoms with Crippen molar-refractivity contribution in [2.24, 2.45) is 18.7 Å². The van der Waals surface area contributed by atoms with Crippen LogP contribution in [0, 0.1) is 12.8 Å². The van der Waals surface area contributed by atoms with Crippen LogP contribution in [0.1, 0.15) is 37.4 Å². The number of nitrogens with zero attached hydrogens (tertiary/aromatic N) is 5. The molecule has 0 aliphatic heterocycles. The highest BCUT2D eigenvalue weighted by atomic mass is 16.2. The molecule has 158 valence electrons. The topological polar surface area (TPSA) is 109 Å². The van der Waals surface area contributed by atoms with Crippen molar-refractivity contribution in [1.82, 2.24) is 24.1 Å². The Labute approximate surface area is 178 Å². The van der Waals surface area contributed by atoms with E-state index in [1.807, 2.05) is 35.8 Å². The molecule has 0 aromatic carbocycles. The summed E-state index contributed by atoms with van der Waals surface area (Å²) in [6.07, 6.45) is 6.40. The lowest BCUT2D eigenvalue weighted by molar-refractivity contribution is -0.122. The van der Waals surface area contributed by atoms with Crippen molar-refractivity contribution < 1.29 is 4.79 Å². The number of carbonyl (C=O) groups is 1. The van der Waals surface area contributed by atoms with Crippen molar-refractivity contribution in [2.45, 2.75) is 38.6 Å². The normalized spacial score (nSPS) is 19.2. The molecule has 1 aliphatic rings. The number of nitrogens with two attached hydrogens (primary N) is 1. The van der Waals surface area contributed by atoms with Gasteiger partial charge in [0.1, 0.15) is 5.52 Å². The van der Waals surface area contributed by atoms with Crippen LogP contribution in [-0.2, 0) is 11.8 Å². The molecule has 1 fully saturated rings. The summed E-state index contributed by atoms with van der Waals surface area (Å²) in [4.78, 5) is 38.6. The average molecular weight is 416 g/mol. The van der Waals surface area contributed by atoms with Crippen molar-refractivity contribution >= 4 is 28.0 Å². The third kappa shape index (κ3) is 3.19. The monoisotopic (exact) mass is 416 g/mol. The number of rotatable bonds is 3. The van der Waals surface area contributed by atoms with Gasteiger partial charge in [0.05, 0.1) is 28.4 Å². The van der Waals surface area contributed by atoms with E-state index in [2.05, 4.69) is 9.97 Å². The third-order valence-electron chi connectivity index (χ3n) is 6.43. The first kappa shape index (κ1) is 19.4. The second kappa shape index (κ2) is 7.30. The van der Waals surface area contributed by atoms with Crippen molar-refractivity contribution in [2.75, 3.05) is 0 Å². The van der Waals surface area contributed by atoms with Gasteiger partial charge in [-0.05, 0) is 56.9 Å². The molecule has 0 spiro atoms. The summed E-state index contributed by atoms with van der Waals surface area (Å²) in [5.41, 5.74) is 11.0. The fraction of sp³-hybridized carbons (Fsp3) is 0.348. The van der Waals surface area contributed by atoms with Crippen LogP contribution in [0.5, 0.6) is 0 Å². The lowest BCUT2D eigenvalue weighted by atomic mass is 9.85. The van der Waals surface area contributed by atoms with E-state index in [1.165, 1.54) is 0 Å². The van der Waals surface area contributed by atoms with Crippen LogP contribution in [0.25, 0.3) is 33.3 Å². The highest BCUT2D eigenvalue weighted by Gasteiger charge is 2.29. The maximum Gasteiger partial charge on any atom is 0.329 e. The Morgan fingerprint density at radius 2 is 1.84 bits per heavy atom. The lowest BCUT2D eigenvalue weighted by Gasteiger charge is -2.27. The van der Waals surface area contributed by atoms with Gasteiger partial charge in [0, 0.05) is 36.5 Å². The zero-order chi connectivity index (χ0) is 21.7. The number of pyridine rings is 3. The summed E-state index contributed by atoms with van der Waals surface area (Å²) >= 11 is 0. The standard InChI is InChI=1S/C23H24N6O2/c1-13-3-4-15(11-25-13)17-9-10-18-20(27-17)21-19(12-26-18)28(2)23(31)29(21)16-7-5-14(6-8-16)22(24)30/h3-4,9-12,14,16H,5-8H2,1-2H3,(H2,24,30). The van der Waals surface area contributed by atoms with E-state index in [0.717, 1.165) is 46.3 Å². The Hall–Kier alpha value is -3.55. The molecule has 8 heteroatoms. The van der Waals surface area contributed by atoms with Crippen molar-refractivity contribution in [3.8, 4) is 11.3 Å². The quantitative estimate of drug-likeness (QED) is 0.552. The Morgan fingerprint density at radius 1 is 1.06 bits per heavy atom. The van der Waals surface area contributed by atoms with Gasteiger partial charge in [0.2, 0.25) is 5.91 Å². The van der Waals surface area contributed by atoms with Gasteiger partial charge in [-0.15, -0.1) is 0 Å². The van der Waals surface area contributed by atoms with Gasteiger partial charge in [-0.1, -0.05) is 0 Å². The average Bonchev–Trinajstić information content (AvgIpc) is 3.04. The molecular formula is C23H24N6O2. The number of hydrogen-bond acceptors (Lipinski definition) is 5. The fourth-order valence-corrected chi connectivity index (χ4v) is 4.62. The van der Waals surface area contributed by atoms with Crippen LogP contribution in [0.3, 0.4) is 0 Å². The smallest absolute Gasteiger partial charge is 0.329 e. The Bertz CT molecular complexity index is 1360. The molecule has 2 N–H and O–H groups in total. The first-order valence-corrected chi connectivity index (χ1v) is 10.5. The predicted octanol–water partition coefficient (Wildman–Crippen LogP) is 2.87. The number of primary amides is 1. The minimum absolute atomic E-state index is 0.00361. The van der Waals surface area contributed by atoms with E-state index in [0.29, 0.717) is 18.4 Å². The van der Waals surface area contributed by atoms with Crippen LogP contribution < -0.4 is 11.4 Å². The van der Waals surface area contributed by atoms with Gasteiger partial charge < -0.3 is 5.73 Å². The summed E-state index contributed by atoms with van der Waals surface area (Å²) in [5, 5.41) is 0. The molecule has 1 saturated carbocycles. The SMILES string of the molecule is Cc1ccc(-c2ccc3ncc4c(c3n2)n(C2CCC(C(N)=O)CC2)c(=O)n4C)cn1. The summed E-state index contributed by atoms with van der Waals surface area (Å²) in [6, 6.07) is 7.81. The Balaban J connectivity index is 1.69. The molecule has 0 atom stereocenters. The molecule has 31 heavy (non-hydrogen) atoms. The minimum atomic E-state index is -0.253. The zero-order valence-electron chi connectivity index (χ0n) is 17.6. The molecule has 4 aromatic heterocycles. The molecule has 4 aromatic rings. The van der Waals surface area contributed by atoms with Crippen LogP contribution in [-0.4, -0.2) is 30.0 Å². The van der Waals surface area contributed by atoms with E-state index in [-0.39, 0.29) is 23.6 Å². The third-order valence-corrected chi connectivity index (χ3v) is 6.43. The largest absolute Gasteiger partial charge is 0.369 e. The number of fused-ring (bicyclic) bond motifs is 3. The Kier molecular flexibility index (Phi) is 4.57. The second-order valence-electron chi connectivity index (χ2n) is 8.36. The van der Waals surface area contributed by atoms with E-state index in [4.69, 9.17) is 10.7 Å². The molecule has 0 saturated heterocycles. The van der Waals surface area contributed by atoms with Crippen LogP contribution in [0.4, 0.5) is 0 Å². The van der Waals surface area contributed by atoms with E-state index >= 15 is 0 Å². The fourth-order valence-electron chi connectivity index (χ4n) is 4.62. The summed E-state index contributed by atoms with van der Waals surface area (Å²) in [6.45, 7) is 1.95. The van der Waals surface area contributed by atoms with Crippen molar-refractivity contribution in [3.63, 3.8) is 0 Å². The number of carbonyl (C=O) groups excluding carboxylic acids is 1. The van der Waals surface area contributed by atoms with Crippen LogP contribution in [0.15, 0.2) is 41.5 Å². The summed E-state index contributed by atoms with van der Waals surface area (Å²) in [5.74, 6) is -0.365. The minimum Gasteiger partial charge on any atom is -0.369 e. The van der Waals surface area contributed by atoms with Crippen LogP contribution >= 0.6 is 0 Å². The highest BCUT2D eigenvalue weighted by Crippen LogP contribution is 2.35. The molecule has 4 heterocycles. The van der Waals surface area contributed by atoms with Gasteiger partial charge in [0.25, 0.3) is 0 Å². The first-order chi connectivity index (χ1) is 14.9. The maximum absolute atomic E-state index is 13.2. The first-order valence-electron chi connectivity index (χ1n) is 10.5. The summed E-state index contributed by atoms with van der Waals surface area (Å²) < 4.78 is 3.48. The number of amides is 1. The number of imidazole rings is 1. The van der Waals surface area contributed by atoms with Gasteiger partial charge in [0.15, 0.2) is 0 Å². The van der Waals surface area contributed by atoms with Crippen molar-refractivity contribution in [3.05, 3.63) is 52.8 Å². The molecule has 1 amide bonds. The zero-order valence-corrected chi connectivity index (χ0v) is 17.6. The molecule has 0 unspecified atom stereocenters. The number of hydrogen-bond donors (Lipinski definition) is 1. The van der Waals surface area contributed by atoms with E-state index < -0.39 is 0 Å². The maximum atomic E-state index is 13.2. The van der Waals surface area contributed by atoms with Gasteiger partial charge in [-0.25, -0.2) is 9.78 Å². The molecule has 0 radical (unpaired) electrons. The number of aryl methyl sites for hydroxylation is 2. The lowest BCUT2D eigenvalue weighted by Crippen LogP contribution is -2.32. The van der Waals surface area contributed by atoms with Crippen LogP contribution in [0.2, 0.25) is 0 Å². The Morgan fingerprint density at radius 3 is 2.52 bits per heavy atom. The molecular weight excluding hydrogens is 392 g/mol. The van der Waals surface area contributed by atoms with Gasteiger partial charge in [-0.2, -0.15) is 0 Å². The van der Waals surface area contributed by atoms with Gasteiger partial charge in [-0.3, -0.25) is 23.9 Å². The summed E-state index contributed by atoms with van der Waals surface area (Å²) in [7, 11) is 1.76.